The minimum absolute atomic E-state index is 0.0262. The molecule has 0 fully saturated rings. The highest BCUT2D eigenvalue weighted by Crippen LogP contribution is 2.19. The van der Waals surface area contributed by atoms with Crippen LogP contribution >= 0.6 is 11.6 Å². The van der Waals surface area contributed by atoms with Crippen LogP contribution in [0.4, 0.5) is 8.78 Å². The Balaban J connectivity index is 2.14. The minimum atomic E-state index is -0.777. The number of hydrogen-bond acceptors (Lipinski definition) is 2. The van der Waals surface area contributed by atoms with E-state index in [-0.39, 0.29) is 5.69 Å². The molecule has 1 heterocycles. The van der Waals surface area contributed by atoms with Gasteiger partial charge in [0.15, 0.2) is 0 Å². The highest BCUT2D eigenvalue weighted by Gasteiger charge is 2.08. The second kappa shape index (κ2) is 5.69. The van der Waals surface area contributed by atoms with Crippen molar-refractivity contribution in [1.82, 2.24) is 9.78 Å². The quantitative estimate of drug-likeness (QED) is 0.719. The summed E-state index contributed by atoms with van der Waals surface area (Å²) in [7, 11) is 0. The summed E-state index contributed by atoms with van der Waals surface area (Å²) < 4.78 is 27.6. The predicted molar refractivity (Wildman–Crippen MR) is 80.2 cm³/mol. The number of nitrogens with zero attached hydrogens (tertiary/aromatic N) is 2. The Morgan fingerprint density at radius 1 is 0.909 bits per heavy atom. The van der Waals surface area contributed by atoms with Crippen molar-refractivity contribution in [2.75, 3.05) is 0 Å². The minimum Gasteiger partial charge on any atom is -0.267 e. The molecule has 0 aliphatic carbocycles. The zero-order valence-electron chi connectivity index (χ0n) is 11.1. The summed E-state index contributed by atoms with van der Waals surface area (Å²) in [5.41, 5.74) is 0.761. The van der Waals surface area contributed by atoms with Gasteiger partial charge < -0.3 is 0 Å². The molecule has 3 rings (SSSR count). The monoisotopic (exact) mass is 318 g/mol. The second-order valence-corrected chi connectivity index (χ2v) is 5.04. The molecule has 3 nitrogen and oxygen atoms in total. The van der Waals surface area contributed by atoms with Gasteiger partial charge in [0, 0.05) is 22.7 Å². The van der Waals surface area contributed by atoms with Crippen LogP contribution in [0.2, 0.25) is 5.02 Å². The Labute approximate surface area is 129 Å². The lowest BCUT2D eigenvalue weighted by atomic mass is 10.1. The van der Waals surface area contributed by atoms with Crippen LogP contribution in [0.3, 0.4) is 0 Å². The van der Waals surface area contributed by atoms with E-state index >= 15 is 0 Å². The van der Waals surface area contributed by atoms with E-state index in [2.05, 4.69) is 5.10 Å². The van der Waals surface area contributed by atoms with E-state index in [0.29, 0.717) is 10.7 Å². The molecule has 2 aromatic carbocycles. The number of hydrogen-bond donors (Lipinski definition) is 0. The van der Waals surface area contributed by atoms with Gasteiger partial charge in [-0.1, -0.05) is 23.7 Å². The normalized spacial score (nSPS) is 10.7. The number of rotatable bonds is 2. The van der Waals surface area contributed by atoms with Crippen molar-refractivity contribution in [3.8, 4) is 16.9 Å². The zero-order chi connectivity index (χ0) is 15.7. The Bertz CT molecular complexity index is 871. The predicted octanol–water partition coefficient (Wildman–Crippen LogP) is 3.83. The summed E-state index contributed by atoms with van der Waals surface area (Å²) in [4.78, 5) is 11.9. The Morgan fingerprint density at radius 2 is 1.55 bits per heavy atom. The maximum Gasteiger partial charge on any atom is 0.271 e. The van der Waals surface area contributed by atoms with Crippen LogP contribution in [-0.4, -0.2) is 9.78 Å². The van der Waals surface area contributed by atoms with Gasteiger partial charge in [0.1, 0.15) is 11.6 Å². The average Bonchev–Trinajstić information content (AvgIpc) is 2.47. The lowest BCUT2D eigenvalue weighted by Gasteiger charge is -2.07. The molecule has 3 aromatic rings. The molecule has 0 amide bonds. The maximum atomic E-state index is 13.3. The summed E-state index contributed by atoms with van der Waals surface area (Å²) >= 11 is 5.83. The molecular weight excluding hydrogens is 310 g/mol. The van der Waals surface area contributed by atoms with E-state index in [9.17, 15) is 13.6 Å². The summed E-state index contributed by atoms with van der Waals surface area (Å²) in [6.45, 7) is 0. The number of benzene rings is 2. The van der Waals surface area contributed by atoms with Crippen molar-refractivity contribution in [2.45, 2.75) is 0 Å². The first-order chi connectivity index (χ1) is 10.5. The first-order valence-electron chi connectivity index (χ1n) is 6.36. The van der Waals surface area contributed by atoms with Crippen molar-refractivity contribution >= 4 is 11.6 Å². The van der Waals surface area contributed by atoms with Crippen LogP contribution in [-0.2, 0) is 0 Å². The lowest BCUT2D eigenvalue weighted by Crippen LogP contribution is -2.20. The van der Waals surface area contributed by atoms with E-state index in [0.717, 1.165) is 28.4 Å². The summed E-state index contributed by atoms with van der Waals surface area (Å²) in [6.07, 6.45) is 0. The highest BCUT2D eigenvalue weighted by molar-refractivity contribution is 6.30. The van der Waals surface area contributed by atoms with E-state index in [4.69, 9.17) is 11.6 Å². The Morgan fingerprint density at radius 3 is 2.18 bits per heavy atom. The van der Waals surface area contributed by atoms with Gasteiger partial charge in [-0.2, -0.15) is 9.78 Å². The van der Waals surface area contributed by atoms with Crippen LogP contribution in [0.25, 0.3) is 16.9 Å². The van der Waals surface area contributed by atoms with Gasteiger partial charge in [-0.05, 0) is 30.3 Å². The molecule has 0 atom stereocenters. The number of halogens is 3. The third-order valence-electron chi connectivity index (χ3n) is 3.03. The molecule has 1 aromatic heterocycles. The zero-order valence-corrected chi connectivity index (χ0v) is 11.9. The van der Waals surface area contributed by atoms with Gasteiger partial charge in [-0.15, -0.1) is 0 Å². The van der Waals surface area contributed by atoms with E-state index in [1.807, 2.05) is 0 Å². The Hall–Kier alpha value is -2.53. The van der Waals surface area contributed by atoms with Crippen molar-refractivity contribution in [3.63, 3.8) is 0 Å². The van der Waals surface area contributed by atoms with Crippen LogP contribution in [0.15, 0.2) is 59.4 Å². The molecule has 0 spiro atoms. The van der Waals surface area contributed by atoms with E-state index < -0.39 is 17.2 Å². The summed E-state index contributed by atoms with van der Waals surface area (Å²) in [5.74, 6) is -1.55. The first kappa shape index (κ1) is 14.4. The van der Waals surface area contributed by atoms with Crippen LogP contribution in [0.1, 0.15) is 0 Å². The topological polar surface area (TPSA) is 34.9 Å². The van der Waals surface area contributed by atoms with Gasteiger partial charge >= 0.3 is 0 Å². The SMILES string of the molecule is O=c1ccc(-c2ccc(Cl)cc2)nn1-c1cc(F)cc(F)c1. The molecule has 0 radical (unpaired) electrons. The third-order valence-corrected chi connectivity index (χ3v) is 3.28. The van der Waals surface area contributed by atoms with Crippen molar-refractivity contribution < 1.29 is 8.78 Å². The van der Waals surface area contributed by atoms with Crippen LogP contribution < -0.4 is 5.56 Å². The molecule has 0 saturated heterocycles. The van der Waals surface area contributed by atoms with Gasteiger partial charge in [0.05, 0.1) is 11.4 Å². The molecule has 110 valence electrons. The molecule has 0 N–H and O–H groups in total. The smallest absolute Gasteiger partial charge is 0.267 e. The molecule has 0 bridgehead atoms. The fourth-order valence-corrected chi connectivity index (χ4v) is 2.16. The van der Waals surface area contributed by atoms with Crippen molar-refractivity contribution in [2.24, 2.45) is 0 Å². The van der Waals surface area contributed by atoms with Gasteiger partial charge in [-0.3, -0.25) is 4.79 Å². The van der Waals surface area contributed by atoms with Crippen LogP contribution in [0.5, 0.6) is 0 Å². The summed E-state index contributed by atoms with van der Waals surface area (Å²) in [5, 5.41) is 4.73. The van der Waals surface area contributed by atoms with Gasteiger partial charge in [0.25, 0.3) is 5.56 Å². The molecule has 0 aliphatic rings. The third kappa shape index (κ3) is 2.89. The molecular formula is C16H9ClF2N2O. The molecule has 0 saturated carbocycles. The second-order valence-electron chi connectivity index (χ2n) is 4.60. The van der Waals surface area contributed by atoms with E-state index in [1.165, 1.54) is 12.1 Å². The molecule has 0 aliphatic heterocycles. The van der Waals surface area contributed by atoms with E-state index in [1.54, 1.807) is 24.3 Å². The fraction of sp³-hybridized carbons (Fsp3) is 0. The van der Waals surface area contributed by atoms with Crippen LogP contribution in [0, 0.1) is 11.6 Å². The molecule has 22 heavy (non-hydrogen) atoms. The van der Waals surface area contributed by atoms with Crippen molar-refractivity contribution in [1.29, 1.82) is 0 Å². The van der Waals surface area contributed by atoms with Crippen molar-refractivity contribution in [3.05, 3.63) is 81.6 Å². The standard InChI is InChI=1S/C16H9ClF2N2O/c17-11-3-1-10(2-4-11)15-5-6-16(22)21(20-15)14-8-12(18)7-13(19)9-14/h1-9H. The van der Waals surface area contributed by atoms with Gasteiger partial charge in [0.2, 0.25) is 0 Å². The summed E-state index contributed by atoms with van der Waals surface area (Å²) in [6, 6.07) is 12.5. The number of aromatic nitrogens is 2. The Kier molecular flexibility index (Phi) is 3.73. The first-order valence-corrected chi connectivity index (χ1v) is 6.73. The largest absolute Gasteiger partial charge is 0.271 e. The highest BCUT2D eigenvalue weighted by atomic mass is 35.5. The van der Waals surface area contributed by atoms with Gasteiger partial charge in [-0.25, -0.2) is 8.78 Å². The lowest BCUT2D eigenvalue weighted by molar-refractivity contribution is 0.579. The average molecular weight is 319 g/mol. The maximum absolute atomic E-state index is 13.3. The molecule has 6 heteroatoms. The fourth-order valence-electron chi connectivity index (χ4n) is 2.03. The molecule has 0 unspecified atom stereocenters.